The van der Waals surface area contributed by atoms with Crippen molar-refractivity contribution in [1.82, 2.24) is 4.90 Å². The predicted octanol–water partition coefficient (Wildman–Crippen LogP) is 0.0212. The SMILES string of the molecule is CCC(O)CN1CCOC(CC(=O)OC)C1. The van der Waals surface area contributed by atoms with Gasteiger partial charge in [-0.2, -0.15) is 0 Å². The van der Waals surface area contributed by atoms with Gasteiger partial charge in [0, 0.05) is 19.6 Å². The number of esters is 1. The molecule has 1 fully saturated rings. The van der Waals surface area contributed by atoms with Gasteiger partial charge in [-0.05, 0) is 6.42 Å². The summed E-state index contributed by atoms with van der Waals surface area (Å²) in [6.45, 7) is 4.72. The molecule has 5 nitrogen and oxygen atoms in total. The van der Waals surface area contributed by atoms with Crippen LogP contribution in [0.3, 0.4) is 0 Å². The fourth-order valence-corrected chi connectivity index (χ4v) is 1.77. The lowest BCUT2D eigenvalue weighted by atomic mass is 10.2. The van der Waals surface area contributed by atoms with Crippen LogP contribution in [-0.4, -0.2) is 61.5 Å². The van der Waals surface area contributed by atoms with Crippen LogP contribution in [0.1, 0.15) is 19.8 Å². The number of carbonyl (C=O) groups is 1. The van der Waals surface area contributed by atoms with Gasteiger partial charge in [-0.1, -0.05) is 6.92 Å². The molecule has 1 heterocycles. The van der Waals surface area contributed by atoms with E-state index in [0.29, 0.717) is 19.7 Å². The number of carbonyl (C=O) groups excluding carboxylic acids is 1. The molecule has 1 saturated heterocycles. The van der Waals surface area contributed by atoms with Crippen molar-refractivity contribution in [1.29, 1.82) is 0 Å². The van der Waals surface area contributed by atoms with E-state index in [-0.39, 0.29) is 24.6 Å². The third kappa shape index (κ3) is 4.47. The first kappa shape index (κ1) is 13.4. The van der Waals surface area contributed by atoms with Gasteiger partial charge in [-0.25, -0.2) is 0 Å². The van der Waals surface area contributed by atoms with E-state index in [9.17, 15) is 9.90 Å². The monoisotopic (exact) mass is 231 g/mol. The average molecular weight is 231 g/mol. The lowest BCUT2D eigenvalue weighted by Gasteiger charge is -2.33. The molecule has 0 saturated carbocycles. The first-order valence-electron chi connectivity index (χ1n) is 5.74. The highest BCUT2D eigenvalue weighted by Crippen LogP contribution is 2.10. The molecule has 0 aromatic rings. The number of aliphatic hydroxyl groups excluding tert-OH is 1. The van der Waals surface area contributed by atoms with Crippen molar-refractivity contribution in [3.8, 4) is 0 Å². The Morgan fingerprint density at radius 3 is 3.06 bits per heavy atom. The minimum absolute atomic E-state index is 0.106. The topological polar surface area (TPSA) is 59.0 Å². The number of rotatable bonds is 5. The standard InChI is InChI=1S/C11H21NO4/c1-3-9(13)7-12-4-5-16-10(8-12)6-11(14)15-2/h9-10,13H,3-8H2,1-2H3. The number of β-amino-alcohol motifs (C(OH)–C–C–N with tert-alkyl or cyclic N) is 1. The second-order valence-electron chi connectivity index (χ2n) is 4.09. The van der Waals surface area contributed by atoms with Crippen LogP contribution >= 0.6 is 0 Å². The molecule has 94 valence electrons. The number of aliphatic hydroxyl groups is 1. The minimum Gasteiger partial charge on any atom is -0.469 e. The Labute approximate surface area is 96.3 Å². The quantitative estimate of drug-likeness (QED) is 0.676. The molecule has 2 atom stereocenters. The Balaban J connectivity index is 2.32. The molecule has 1 aliphatic heterocycles. The lowest BCUT2D eigenvalue weighted by molar-refractivity contribution is -0.145. The van der Waals surface area contributed by atoms with Gasteiger partial charge in [-0.15, -0.1) is 0 Å². The van der Waals surface area contributed by atoms with Crippen molar-refractivity contribution >= 4 is 5.97 Å². The predicted molar refractivity (Wildman–Crippen MR) is 59.1 cm³/mol. The molecule has 0 bridgehead atoms. The summed E-state index contributed by atoms with van der Waals surface area (Å²) in [5.41, 5.74) is 0. The van der Waals surface area contributed by atoms with Gasteiger partial charge < -0.3 is 14.6 Å². The molecule has 2 unspecified atom stereocenters. The molecule has 0 radical (unpaired) electrons. The molecule has 1 aliphatic rings. The van der Waals surface area contributed by atoms with Crippen LogP contribution in [0.4, 0.5) is 0 Å². The number of methoxy groups -OCH3 is 1. The van der Waals surface area contributed by atoms with Crippen molar-refractivity contribution in [2.75, 3.05) is 33.4 Å². The Bertz CT molecular complexity index is 222. The summed E-state index contributed by atoms with van der Waals surface area (Å²) in [5.74, 6) is -0.247. The highest BCUT2D eigenvalue weighted by atomic mass is 16.5. The first-order chi connectivity index (χ1) is 7.65. The highest BCUT2D eigenvalue weighted by Gasteiger charge is 2.24. The van der Waals surface area contributed by atoms with Gasteiger partial charge >= 0.3 is 5.97 Å². The fourth-order valence-electron chi connectivity index (χ4n) is 1.77. The molecule has 0 spiro atoms. The zero-order valence-electron chi connectivity index (χ0n) is 10.0. The van der Waals surface area contributed by atoms with Crippen molar-refractivity contribution in [3.05, 3.63) is 0 Å². The minimum atomic E-state index is -0.295. The molecule has 0 amide bonds. The van der Waals surface area contributed by atoms with Crippen LogP contribution in [0, 0.1) is 0 Å². The van der Waals surface area contributed by atoms with E-state index in [0.717, 1.165) is 13.0 Å². The molecular formula is C11H21NO4. The smallest absolute Gasteiger partial charge is 0.308 e. The molecule has 16 heavy (non-hydrogen) atoms. The first-order valence-corrected chi connectivity index (χ1v) is 5.74. The van der Waals surface area contributed by atoms with Crippen molar-refractivity contribution in [3.63, 3.8) is 0 Å². The zero-order valence-corrected chi connectivity index (χ0v) is 10.0. The Morgan fingerprint density at radius 2 is 2.44 bits per heavy atom. The van der Waals surface area contributed by atoms with Crippen molar-refractivity contribution in [2.45, 2.75) is 32.0 Å². The second kappa shape index (κ2) is 6.83. The van der Waals surface area contributed by atoms with E-state index in [4.69, 9.17) is 4.74 Å². The number of hydrogen-bond acceptors (Lipinski definition) is 5. The summed E-state index contributed by atoms with van der Waals surface area (Å²) in [4.78, 5) is 13.2. The number of morpholine rings is 1. The van der Waals surface area contributed by atoms with Crippen LogP contribution in [-0.2, 0) is 14.3 Å². The summed E-state index contributed by atoms with van der Waals surface area (Å²) in [6, 6.07) is 0. The summed E-state index contributed by atoms with van der Waals surface area (Å²) in [6.07, 6.45) is 0.635. The molecular weight excluding hydrogens is 210 g/mol. The van der Waals surface area contributed by atoms with E-state index in [1.807, 2.05) is 6.92 Å². The van der Waals surface area contributed by atoms with E-state index in [1.165, 1.54) is 7.11 Å². The van der Waals surface area contributed by atoms with Crippen LogP contribution < -0.4 is 0 Å². The normalized spacial score (nSPS) is 24.1. The fraction of sp³-hybridized carbons (Fsp3) is 0.909. The third-order valence-electron chi connectivity index (χ3n) is 2.79. The molecule has 1 rings (SSSR count). The summed E-state index contributed by atoms with van der Waals surface area (Å²) in [5, 5.41) is 9.55. The van der Waals surface area contributed by atoms with E-state index < -0.39 is 0 Å². The average Bonchev–Trinajstić information content (AvgIpc) is 2.29. The maximum Gasteiger partial charge on any atom is 0.308 e. The van der Waals surface area contributed by atoms with Crippen molar-refractivity contribution in [2.24, 2.45) is 0 Å². The van der Waals surface area contributed by atoms with Gasteiger partial charge in [0.1, 0.15) is 0 Å². The summed E-state index contributed by atoms with van der Waals surface area (Å²) < 4.78 is 10.1. The molecule has 1 N–H and O–H groups in total. The highest BCUT2D eigenvalue weighted by molar-refractivity contribution is 5.69. The Hall–Kier alpha value is -0.650. The zero-order chi connectivity index (χ0) is 12.0. The largest absolute Gasteiger partial charge is 0.469 e. The number of hydrogen-bond donors (Lipinski definition) is 1. The van der Waals surface area contributed by atoms with Gasteiger partial charge in [0.2, 0.25) is 0 Å². The second-order valence-corrected chi connectivity index (χ2v) is 4.09. The number of nitrogens with zero attached hydrogens (tertiary/aromatic N) is 1. The van der Waals surface area contributed by atoms with Gasteiger partial charge in [-0.3, -0.25) is 9.69 Å². The molecule has 5 heteroatoms. The Kier molecular flexibility index (Phi) is 5.73. The molecule has 0 aliphatic carbocycles. The van der Waals surface area contributed by atoms with Crippen molar-refractivity contribution < 1.29 is 19.4 Å². The number of ether oxygens (including phenoxy) is 2. The summed E-state index contributed by atoms with van der Waals surface area (Å²) >= 11 is 0. The summed E-state index contributed by atoms with van der Waals surface area (Å²) in [7, 11) is 1.38. The van der Waals surface area contributed by atoms with E-state index in [1.54, 1.807) is 0 Å². The molecule has 0 aromatic heterocycles. The van der Waals surface area contributed by atoms with Crippen LogP contribution in [0.15, 0.2) is 0 Å². The molecule has 0 aromatic carbocycles. The maximum atomic E-state index is 11.1. The maximum absolute atomic E-state index is 11.1. The van der Waals surface area contributed by atoms with E-state index in [2.05, 4.69) is 9.64 Å². The van der Waals surface area contributed by atoms with Crippen LogP contribution in [0.25, 0.3) is 0 Å². The van der Waals surface area contributed by atoms with Crippen LogP contribution in [0.5, 0.6) is 0 Å². The lowest BCUT2D eigenvalue weighted by Crippen LogP contribution is -2.46. The van der Waals surface area contributed by atoms with E-state index >= 15 is 0 Å². The Morgan fingerprint density at radius 1 is 1.69 bits per heavy atom. The van der Waals surface area contributed by atoms with Gasteiger partial charge in [0.15, 0.2) is 0 Å². The van der Waals surface area contributed by atoms with Crippen LogP contribution in [0.2, 0.25) is 0 Å². The van der Waals surface area contributed by atoms with Gasteiger partial charge in [0.05, 0.1) is 32.3 Å². The van der Waals surface area contributed by atoms with Gasteiger partial charge in [0.25, 0.3) is 0 Å². The third-order valence-corrected chi connectivity index (χ3v) is 2.79.